The Bertz CT molecular complexity index is 248. The third-order valence-electron chi connectivity index (χ3n) is 1.03. The maximum Gasteiger partial charge on any atom is 0.428 e. The van der Waals surface area contributed by atoms with Gasteiger partial charge in [-0.05, 0) is 11.6 Å². The fourth-order valence-corrected chi connectivity index (χ4v) is 0.488. The van der Waals surface area contributed by atoms with Crippen LogP contribution in [0.3, 0.4) is 0 Å². The van der Waals surface area contributed by atoms with Crippen LogP contribution in [0.5, 0.6) is 0 Å². The van der Waals surface area contributed by atoms with Gasteiger partial charge in [0.05, 0.1) is 0 Å². The van der Waals surface area contributed by atoms with Gasteiger partial charge in [0.2, 0.25) is 0 Å². The summed E-state index contributed by atoms with van der Waals surface area (Å²) in [7, 11) is 0. The summed E-state index contributed by atoms with van der Waals surface area (Å²) in [5.41, 5.74) is 0. The van der Waals surface area contributed by atoms with Gasteiger partial charge in [0.25, 0.3) is 0 Å². The SMILES string of the molecule is O=C(Cl)C(F)(F)C(F)(F)OCC(F)(F)F. The summed E-state index contributed by atoms with van der Waals surface area (Å²) in [6, 6.07) is 0. The highest BCUT2D eigenvalue weighted by atomic mass is 35.5. The van der Waals surface area contributed by atoms with Gasteiger partial charge in [-0.25, -0.2) is 0 Å². The largest absolute Gasteiger partial charge is 0.428 e. The van der Waals surface area contributed by atoms with Crippen LogP contribution in [0.4, 0.5) is 30.7 Å². The van der Waals surface area contributed by atoms with Gasteiger partial charge in [-0.1, -0.05) is 0 Å². The molecule has 0 aromatic rings. The van der Waals surface area contributed by atoms with E-state index in [9.17, 15) is 35.5 Å². The van der Waals surface area contributed by atoms with Crippen molar-refractivity contribution in [3.63, 3.8) is 0 Å². The van der Waals surface area contributed by atoms with Crippen molar-refractivity contribution in [2.45, 2.75) is 18.2 Å². The first-order valence-corrected chi connectivity index (χ1v) is 3.44. The monoisotopic (exact) mass is 262 g/mol. The highest BCUT2D eigenvalue weighted by Crippen LogP contribution is 2.38. The number of hydrogen-bond acceptors (Lipinski definition) is 2. The van der Waals surface area contributed by atoms with Crippen molar-refractivity contribution in [3.8, 4) is 0 Å². The fraction of sp³-hybridized carbons (Fsp3) is 0.800. The molecule has 0 aromatic carbocycles. The minimum atomic E-state index is -5.61. The second-order valence-corrected chi connectivity index (χ2v) is 2.61. The van der Waals surface area contributed by atoms with E-state index in [4.69, 9.17) is 0 Å². The fourth-order valence-electron chi connectivity index (χ4n) is 0.378. The number of rotatable bonds is 4. The predicted octanol–water partition coefficient (Wildman–Crippen LogP) is 2.56. The Morgan fingerprint density at radius 1 is 1.07 bits per heavy atom. The highest BCUT2D eigenvalue weighted by Gasteiger charge is 2.64. The van der Waals surface area contributed by atoms with Crippen LogP contribution in [0, 0.1) is 0 Å². The van der Waals surface area contributed by atoms with Crippen molar-refractivity contribution in [2.75, 3.05) is 6.61 Å². The average Bonchev–Trinajstić information content (AvgIpc) is 1.99. The molecule has 0 radical (unpaired) electrons. The van der Waals surface area contributed by atoms with Gasteiger partial charge < -0.3 is 4.74 Å². The van der Waals surface area contributed by atoms with E-state index in [0.717, 1.165) is 0 Å². The molecule has 2 nitrogen and oxygen atoms in total. The maximum absolute atomic E-state index is 12.2. The van der Waals surface area contributed by atoms with Gasteiger partial charge in [0.15, 0.2) is 0 Å². The summed E-state index contributed by atoms with van der Waals surface area (Å²) in [6.45, 7) is -2.63. The molecule has 0 aliphatic carbocycles. The lowest BCUT2D eigenvalue weighted by molar-refractivity contribution is -0.353. The quantitative estimate of drug-likeness (QED) is 0.575. The number of halogens is 8. The average molecular weight is 263 g/mol. The number of alkyl halides is 7. The van der Waals surface area contributed by atoms with Crippen molar-refractivity contribution in [1.82, 2.24) is 0 Å². The van der Waals surface area contributed by atoms with Gasteiger partial charge in [0, 0.05) is 0 Å². The van der Waals surface area contributed by atoms with E-state index in [0.29, 0.717) is 0 Å². The van der Waals surface area contributed by atoms with Crippen molar-refractivity contribution in [2.24, 2.45) is 0 Å². The first kappa shape index (κ1) is 14.4. The van der Waals surface area contributed by atoms with Crippen molar-refractivity contribution < 1.29 is 40.3 Å². The summed E-state index contributed by atoms with van der Waals surface area (Å²) in [6.07, 6.45) is -10.8. The molecule has 0 rings (SSSR count). The third-order valence-corrected chi connectivity index (χ3v) is 1.27. The lowest BCUT2D eigenvalue weighted by Gasteiger charge is -2.23. The lowest BCUT2D eigenvalue weighted by atomic mass is 10.3. The number of carbonyl (C=O) groups is 1. The molecule has 0 heterocycles. The van der Waals surface area contributed by atoms with E-state index in [-0.39, 0.29) is 0 Å². The minimum absolute atomic E-state index is 2.61. The van der Waals surface area contributed by atoms with Crippen LogP contribution >= 0.6 is 11.6 Å². The normalized spacial score (nSPS) is 14.1. The van der Waals surface area contributed by atoms with Crippen LogP contribution < -0.4 is 0 Å². The molecule has 15 heavy (non-hydrogen) atoms. The Balaban J connectivity index is 4.62. The number of ether oxygens (including phenoxy) is 1. The van der Waals surface area contributed by atoms with Crippen LogP contribution in [0.25, 0.3) is 0 Å². The Morgan fingerprint density at radius 3 is 1.73 bits per heavy atom. The molecule has 0 saturated heterocycles. The first-order chi connectivity index (χ1) is 6.40. The Labute approximate surface area is 82.9 Å². The van der Waals surface area contributed by atoms with E-state index < -0.39 is 30.1 Å². The molecule has 0 atom stereocenters. The van der Waals surface area contributed by atoms with Crippen molar-refractivity contribution in [1.29, 1.82) is 0 Å². The molecule has 0 aliphatic heterocycles. The van der Waals surface area contributed by atoms with Gasteiger partial charge in [-0.2, -0.15) is 30.7 Å². The zero-order chi connectivity index (χ0) is 12.5. The van der Waals surface area contributed by atoms with Crippen molar-refractivity contribution in [3.05, 3.63) is 0 Å². The standard InChI is InChI=1S/C5H2ClF7O2/c6-2(14)4(10,11)5(12,13)15-1-3(7,8)9/h1H2. The van der Waals surface area contributed by atoms with E-state index in [1.165, 1.54) is 0 Å². The number of hydrogen-bond donors (Lipinski definition) is 0. The molecule has 0 amide bonds. The highest BCUT2D eigenvalue weighted by molar-refractivity contribution is 6.65. The Kier molecular flexibility index (Phi) is 3.97. The molecule has 0 fully saturated rings. The molecule has 10 heteroatoms. The summed E-state index contributed by atoms with van der Waals surface area (Å²) >= 11 is 4.07. The van der Waals surface area contributed by atoms with Crippen LogP contribution in [0.1, 0.15) is 0 Å². The maximum atomic E-state index is 12.2. The van der Waals surface area contributed by atoms with Crippen LogP contribution in [-0.4, -0.2) is 30.1 Å². The molecule has 0 unspecified atom stereocenters. The molecule has 0 bridgehead atoms. The summed E-state index contributed by atoms with van der Waals surface area (Å²) in [4.78, 5) is 9.81. The van der Waals surface area contributed by atoms with Gasteiger partial charge >= 0.3 is 23.4 Å². The predicted molar refractivity (Wildman–Crippen MR) is 32.8 cm³/mol. The zero-order valence-electron chi connectivity index (χ0n) is 6.55. The lowest BCUT2D eigenvalue weighted by Crippen LogP contribution is -2.48. The molecule has 0 N–H and O–H groups in total. The molecule has 0 aromatic heterocycles. The summed E-state index contributed by atoms with van der Waals surface area (Å²) in [5.74, 6) is -5.51. The van der Waals surface area contributed by atoms with Crippen LogP contribution in [0.2, 0.25) is 0 Å². The zero-order valence-corrected chi connectivity index (χ0v) is 7.30. The Morgan fingerprint density at radius 2 is 1.47 bits per heavy atom. The van der Waals surface area contributed by atoms with Gasteiger partial charge in [-0.3, -0.25) is 4.79 Å². The smallest absolute Gasteiger partial charge is 0.306 e. The van der Waals surface area contributed by atoms with Crippen LogP contribution in [0.15, 0.2) is 0 Å². The second-order valence-electron chi connectivity index (χ2n) is 2.27. The Hall–Kier alpha value is -0.570. The molecule has 90 valence electrons. The third kappa shape index (κ3) is 3.82. The molecule has 0 saturated carbocycles. The van der Waals surface area contributed by atoms with Gasteiger partial charge in [0.1, 0.15) is 6.61 Å². The second kappa shape index (κ2) is 4.12. The van der Waals surface area contributed by atoms with E-state index >= 15 is 0 Å². The molecular weight excluding hydrogens is 260 g/mol. The van der Waals surface area contributed by atoms with Crippen molar-refractivity contribution >= 4 is 16.8 Å². The van der Waals surface area contributed by atoms with Gasteiger partial charge in [-0.15, -0.1) is 0 Å². The van der Waals surface area contributed by atoms with E-state index in [1.807, 2.05) is 0 Å². The first-order valence-electron chi connectivity index (χ1n) is 3.06. The van der Waals surface area contributed by atoms with Crippen LogP contribution in [-0.2, 0) is 9.53 Å². The number of carbonyl (C=O) groups excluding carboxylic acids is 1. The summed E-state index contributed by atoms with van der Waals surface area (Å²) in [5, 5.41) is -2.81. The molecule has 0 aliphatic rings. The molecular formula is C5H2ClF7O2. The molecule has 0 spiro atoms. The van der Waals surface area contributed by atoms with E-state index in [1.54, 1.807) is 0 Å². The topological polar surface area (TPSA) is 26.3 Å². The van der Waals surface area contributed by atoms with E-state index in [2.05, 4.69) is 16.3 Å². The minimum Gasteiger partial charge on any atom is -0.306 e. The summed E-state index contributed by atoms with van der Waals surface area (Å²) < 4.78 is 85.4.